The maximum Gasteiger partial charge on any atom is -0.0132 e. The van der Waals surface area contributed by atoms with Crippen molar-refractivity contribution < 1.29 is 0 Å². The molecule has 0 aromatic carbocycles. The van der Waals surface area contributed by atoms with Gasteiger partial charge in [-0.1, -0.05) is 51.2 Å². The molecule has 1 aliphatic rings. The average Bonchev–Trinajstić information content (AvgIpc) is 2.10. The molecule has 0 aliphatic heterocycles. The van der Waals surface area contributed by atoms with E-state index < -0.39 is 0 Å². The summed E-state index contributed by atoms with van der Waals surface area (Å²) in [6.07, 6.45) is 12.0. The van der Waals surface area contributed by atoms with Gasteiger partial charge in [0.2, 0.25) is 0 Å². The van der Waals surface area contributed by atoms with Crippen molar-refractivity contribution in [2.45, 2.75) is 27.2 Å². The van der Waals surface area contributed by atoms with Crippen LogP contribution in [0.1, 0.15) is 27.2 Å². The average molecular weight is 148 g/mol. The van der Waals surface area contributed by atoms with Gasteiger partial charge >= 0.3 is 0 Å². The summed E-state index contributed by atoms with van der Waals surface area (Å²) >= 11 is 0. The predicted octanol–water partition coefficient (Wildman–Crippen LogP) is 3.48. The van der Waals surface area contributed by atoms with E-state index in [1.54, 1.807) is 0 Å². The molecule has 0 spiro atoms. The van der Waals surface area contributed by atoms with Gasteiger partial charge in [-0.25, -0.2) is 0 Å². The van der Waals surface area contributed by atoms with Crippen molar-refractivity contribution in [3.05, 3.63) is 36.0 Å². The molecular formula is C11H16. The lowest BCUT2D eigenvalue weighted by molar-refractivity contribution is 0.517. The Morgan fingerprint density at radius 2 is 1.91 bits per heavy atom. The summed E-state index contributed by atoms with van der Waals surface area (Å²) in [7, 11) is 0. The van der Waals surface area contributed by atoms with Crippen LogP contribution in [0.3, 0.4) is 0 Å². The van der Waals surface area contributed by atoms with Crippen molar-refractivity contribution >= 4 is 0 Å². The molecule has 0 N–H and O–H groups in total. The number of hydrogen-bond acceptors (Lipinski definition) is 0. The topological polar surface area (TPSA) is 0 Å². The zero-order valence-electron chi connectivity index (χ0n) is 7.59. The van der Waals surface area contributed by atoms with E-state index in [4.69, 9.17) is 0 Å². The van der Waals surface area contributed by atoms with Crippen LogP contribution < -0.4 is 0 Å². The fourth-order valence-electron chi connectivity index (χ4n) is 1.08. The molecule has 1 rings (SSSR count). The molecule has 0 radical (unpaired) electrons. The Labute approximate surface area is 69.3 Å². The SMILES string of the molecule is CC(C)(C)C1=CC=CCC=C1. The Morgan fingerprint density at radius 3 is 2.55 bits per heavy atom. The Balaban J connectivity index is 2.86. The van der Waals surface area contributed by atoms with Crippen LogP contribution in [0.15, 0.2) is 36.0 Å². The first-order chi connectivity index (χ1) is 5.11. The molecule has 0 saturated carbocycles. The minimum atomic E-state index is 0.283. The highest BCUT2D eigenvalue weighted by Crippen LogP contribution is 2.27. The van der Waals surface area contributed by atoms with E-state index >= 15 is 0 Å². The highest BCUT2D eigenvalue weighted by molar-refractivity contribution is 5.31. The molecule has 0 aromatic rings. The Morgan fingerprint density at radius 1 is 1.18 bits per heavy atom. The zero-order chi connectivity index (χ0) is 8.32. The highest BCUT2D eigenvalue weighted by atomic mass is 14.2. The van der Waals surface area contributed by atoms with Crippen molar-refractivity contribution in [3.63, 3.8) is 0 Å². The van der Waals surface area contributed by atoms with Gasteiger partial charge in [0, 0.05) is 0 Å². The molecular weight excluding hydrogens is 132 g/mol. The van der Waals surface area contributed by atoms with Crippen LogP contribution in [0.2, 0.25) is 0 Å². The molecule has 0 bridgehead atoms. The van der Waals surface area contributed by atoms with Crippen molar-refractivity contribution in [2.24, 2.45) is 5.41 Å². The Bertz CT molecular complexity index is 209. The summed E-state index contributed by atoms with van der Waals surface area (Å²) in [6.45, 7) is 6.72. The van der Waals surface area contributed by atoms with E-state index in [1.807, 2.05) is 0 Å². The molecule has 0 heteroatoms. The lowest BCUT2D eigenvalue weighted by Gasteiger charge is -2.19. The summed E-state index contributed by atoms with van der Waals surface area (Å²) < 4.78 is 0. The molecule has 1 aliphatic carbocycles. The minimum Gasteiger partial charge on any atom is -0.0807 e. The van der Waals surface area contributed by atoms with Crippen LogP contribution in [0.25, 0.3) is 0 Å². The van der Waals surface area contributed by atoms with Crippen LogP contribution in [-0.2, 0) is 0 Å². The second kappa shape index (κ2) is 3.08. The number of allylic oxidation sites excluding steroid dienone is 6. The van der Waals surface area contributed by atoms with Gasteiger partial charge in [0.15, 0.2) is 0 Å². The van der Waals surface area contributed by atoms with Gasteiger partial charge in [-0.15, -0.1) is 0 Å². The van der Waals surface area contributed by atoms with E-state index in [0.29, 0.717) is 0 Å². The number of rotatable bonds is 0. The third kappa shape index (κ3) is 2.38. The third-order valence-corrected chi connectivity index (χ3v) is 1.85. The quantitative estimate of drug-likeness (QED) is 0.493. The van der Waals surface area contributed by atoms with Crippen LogP contribution >= 0.6 is 0 Å². The largest absolute Gasteiger partial charge is 0.0807 e. The second-order valence-electron chi connectivity index (χ2n) is 3.94. The summed E-state index contributed by atoms with van der Waals surface area (Å²) in [5.74, 6) is 0. The normalized spacial score (nSPS) is 17.9. The van der Waals surface area contributed by atoms with E-state index in [-0.39, 0.29) is 5.41 Å². The summed E-state index contributed by atoms with van der Waals surface area (Å²) in [5.41, 5.74) is 1.69. The summed E-state index contributed by atoms with van der Waals surface area (Å²) in [5, 5.41) is 0. The Hall–Kier alpha value is -0.780. The fourth-order valence-corrected chi connectivity index (χ4v) is 1.08. The maximum atomic E-state index is 2.24. The molecule has 60 valence electrons. The molecule has 0 atom stereocenters. The van der Waals surface area contributed by atoms with Crippen LogP contribution in [0.5, 0.6) is 0 Å². The van der Waals surface area contributed by atoms with Crippen molar-refractivity contribution in [1.82, 2.24) is 0 Å². The lowest BCUT2D eigenvalue weighted by Crippen LogP contribution is -2.06. The number of hydrogen-bond donors (Lipinski definition) is 0. The monoisotopic (exact) mass is 148 g/mol. The van der Waals surface area contributed by atoms with Crippen molar-refractivity contribution in [1.29, 1.82) is 0 Å². The standard InChI is InChI=1S/C11H16/c1-11(2,3)10-8-6-4-5-7-9-10/h4,6-9H,5H2,1-3H3. The molecule has 0 fully saturated rings. The Kier molecular flexibility index (Phi) is 2.33. The van der Waals surface area contributed by atoms with Gasteiger partial charge in [-0.05, 0) is 17.4 Å². The summed E-state index contributed by atoms with van der Waals surface area (Å²) in [6, 6.07) is 0. The molecule has 0 aromatic heterocycles. The highest BCUT2D eigenvalue weighted by Gasteiger charge is 2.13. The van der Waals surface area contributed by atoms with Gasteiger partial charge in [0.25, 0.3) is 0 Å². The molecule has 0 heterocycles. The minimum absolute atomic E-state index is 0.283. The van der Waals surface area contributed by atoms with Gasteiger partial charge in [0.05, 0.1) is 0 Å². The lowest BCUT2D eigenvalue weighted by atomic mass is 9.86. The first-order valence-electron chi connectivity index (χ1n) is 4.14. The van der Waals surface area contributed by atoms with Crippen LogP contribution in [0.4, 0.5) is 0 Å². The van der Waals surface area contributed by atoms with E-state index in [9.17, 15) is 0 Å². The van der Waals surface area contributed by atoms with E-state index in [1.165, 1.54) is 5.57 Å². The van der Waals surface area contributed by atoms with Crippen molar-refractivity contribution in [2.75, 3.05) is 0 Å². The van der Waals surface area contributed by atoms with Crippen LogP contribution in [-0.4, -0.2) is 0 Å². The van der Waals surface area contributed by atoms with Gasteiger partial charge < -0.3 is 0 Å². The first kappa shape index (κ1) is 8.32. The molecule has 0 amide bonds. The molecule has 0 saturated heterocycles. The predicted molar refractivity (Wildman–Crippen MR) is 50.4 cm³/mol. The van der Waals surface area contributed by atoms with Crippen LogP contribution in [0, 0.1) is 5.41 Å². The van der Waals surface area contributed by atoms with Gasteiger partial charge in [-0.2, -0.15) is 0 Å². The fraction of sp³-hybridized carbons (Fsp3) is 0.455. The molecule has 0 unspecified atom stereocenters. The van der Waals surface area contributed by atoms with E-state index in [2.05, 4.69) is 51.2 Å². The smallest absolute Gasteiger partial charge is 0.0132 e. The zero-order valence-corrected chi connectivity index (χ0v) is 7.59. The van der Waals surface area contributed by atoms with E-state index in [0.717, 1.165) is 6.42 Å². The molecule has 0 nitrogen and oxygen atoms in total. The first-order valence-corrected chi connectivity index (χ1v) is 4.14. The maximum absolute atomic E-state index is 2.24. The van der Waals surface area contributed by atoms with Gasteiger partial charge in [-0.3, -0.25) is 0 Å². The molecule has 11 heavy (non-hydrogen) atoms. The van der Waals surface area contributed by atoms with Crippen molar-refractivity contribution in [3.8, 4) is 0 Å². The summed E-state index contributed by atoms with van der Waals surface area (Å²) in [4.78, 5) is 0. The third-order valence-electron chi connectivity index (χ3n) is 1.85. The second-order valence-corrected chi connectivity index (χ2v) is 3.94. The van der Waals surface area contributed by atoms with Gasteiger partial charge in [0.1, 0.15) is 0 Å².